The summed E-state index contributed by atoms with van der Waals surface area (Å²) in [5.41, 5.74) is 14.4. The zero-order chi connectivity index (χ0) is 62.9. The Kier molecular flexibility index (Phi) is 30.7. The zero-order valence-corrected chi connectivity index (χ0v) is 52.0. The van der Waals surface area contributed by atoms with Crippen LogP contribution in [0.25, 0.3) is 0 Å². The highest BCUT2D eigenvalue weighted by Crippen LogP contribution is 2.45. The third-order valence-electron chi connectivity index (χ3n) is 15.2. The lowest BCUT2D eigenvalue weighted by Gasteiger charge is -2.36. The molecule has 0 unspecified atom stereocenters. The first-order valence-electron chi connectivity index (χ1n) is 30.8. The zero-order valence-electron chi connectivity index (χ0n) is 52.0. The van der Waals surface area contributed by atoms with E-state index in [1.807, 2.05) is 66.6 Å². The van der Waals surface area contributed by atoms with Gasteiger partial charge in [0.25, 0.3) is 5.91 Å². The van der Waals surface area contributed by atoms with Crippen LogP contribution in [0.3, 0.4) is 0 Å². The van der Waals surface area contributed by atoms with Gasteiger partial charge in [-0.2, -0.15) is 0 Å². The van der Waals surface area contributed by atoms with Crippen LogP contribution in [0, 0.1) is 24.2 Å². The Hall–Kier alpha value is -6.91. The molecule has 1 aliphatic heterocycles. The highest BCUT2D eigenvalue weighted by molar-refractivity contribution is 6.09. The number of hydrogen-bond donors (Lipinski definition) is 6. The van der Waals surface area contributed by atoms with E-state index in [-0.39, 0.29) is 80.0 Å². The van der Waals surface area contributed by atoms with E-state index < -0.39 is 5.97 Å². The van der Waals surface area contributed by atoms with Crippen LogP contribution >= 0.6 is 0 Å². The summed E-state index contributed by atoms with van der Waals surface area (Å²) in [5, 5.41) is 26.5. The average molecular weight is 1230 g/mol. The number of aromatic nitrogens is 5. The molecule has 8 N–H and O–H groups in total. The number of rotatable bonds is 45. The van der Waals surface area contributed by atoms with Gasteiger partial charge in [0.1, 0.15) is 23.9 Å². The van der Waals surface area contributed by atoms with E-state index in [2.05, 4.69) is 50.0 Å². The molecular formula is C62H95N13O13. The number of carbonyl (C=O) groups is 5. The second-order valence-corrected chi connectivity index (χ2v) is 22.9. The SMILES string of the molecule is COc1ccc(C(=O)N(CC(C)(C)CCn2cc(COCCOCCOCCOCCOCC(=O)NCCN(CCC(=O)NCCN)CCC(=O)NCCN)nn2)c2cccc(C)n2)c(N2CCC(COc3cc([C@@H](CC(=O)O)C4CC4)ccn3)CC2)c1. The number of pyridine rings is 2. The Morgan fingerprint density at radius 3 is 2.06 bits per heavy atom. The minimum Gasteiger partial charge on any atom is -0.497 e. The molecule has 3 aromatic heterocycles. The van der Waals surface area contributed by atoms with Crippen molar-refractivity contribution in [3.63, 3.8) is 0 Å². The molecule has 486 valence electrons. The van der Waals surface area contributed by atoms with Crippen molar-refractivity contribution in [2.75, 3.05) is 155 Å². The number of anilines is 2. The van der Waals surface area contributed by atoms with Crippen LogP contribution in [0.2, 0.25) is 0 Å². The summed E-state index contributed by atoms with van der Waals surface area (Å²) in [4.78, 5) is 78.4. The molecule has 4 aromatic rings. The van der Waals surface area contributed by atoms with Gasteiger partial charge in [-0.15, -0.1) is 5.10 Å². The number of hydrogen-bond acceptors (Lipinski definition) is 20. The van der Waals surface area contributed by atoms with E-state index in [0.717, 1.165) is 42.6 Å². The average Bonchev–Trinajstić information content (AvgIpc) is 2.80. The summed E-state index contributed by atoms with van der Waals surface area (Å²) in [5.74, 6) is 0.881. The van der Waals surface area contributed by atoms with E-state index in [4.69, 9.17) is 49.6 Å². The van der Waals surface area contributed by atoms with Crippen LogP contribution in [0.1, 0.15) is 98.4 Å². The van der Waals surface area contributed by atoms with Gasteiger partial charge in [-0.1, -0.05) is 25.1 Å². The van der Waals surface area contributed by atoms with E-state index in [0.29, 0.717) is 172 Å². The molecule has 26 heteroatoms. The molecule has 6 rings (SSSR count). The molecule has 0 spiro atoms. The molecule has 2 fully saturated rings. The van der Waals surface area contributed by atoms with Gasteiger partial charge in [0.15, 0.2) is 0 Å². The Balaban J connectivity index is 0.842. The van der Waals surface area contributed by atoms with Crippen molar-refractivity contribution in [3.8, 4) is 11.6 Å². The molecule has 1 aliphatic carbocycles. The van der Waals surface area contributed by atoms with Crippen molar-refractivity contribution in [2.24, 2.45) is 28.7 Å². The summed E-state index contributed by atoms with van der Waals surface area (Å²) in [6.07, 6.45) is 8.63. The van der Waals surface area contributed by atoms with Gasteiger partial charge in [0.05, 0.1) is 97.0 Å². The molecule has 1 saturated carbocycles. The van der Waals surface area contributed by atoms with Gasteiger partial charge >= 0.3 is 5.97 Å². The molecule has 4 heterocycles. The van der Waals surface area contributed by atoms with Crippen molar-refractivity contribution in [2.45, 2.75) is 91.2 Å². The second kappa shape index (κ2) is 38.5. The molecule has 4 amide bonds. The van der Waals surface area contributed by atoms with Gasteiger partial charge in [-0.05, 0) is 98.1 Å². The summed E-state index contributed by atoms with van der Waals surface area (Å²) in [6.45, 7) is 15.1. The number of methoxy groups -OCH3 is 1. The molecule has 0 radical (unpaired) electrons. The number of carboxylic acid groups (broad SMARTS) is 1. The summed E-state index contributed by atoms with van der Waals surface area (Å²) in [6, 6.07) is 15.2. The summed E-state index contributed by atoms with van der Waals surface area (Å²) in [7, 11) is 1.63. The Labute approximate surface area is 517 Å². The predicted molar refractivity (Wildman–Crippen MR) is 330 cm³/mol. The van der Waals surface area contributed by atoms with Crippen LogP contribution in [0.4, 0.5) is 11.5 Å². The molecule has 1 atom stereocenters. The van der Waals surface area contributed by atoms with Crippen LogP contribution in [0.5, 0.6) is 11.6 Å². The number of nitrogens with zero attached hydrogens (tertiary/aromatic N) is 8. The predicted octanol–water partition coefficient (Wildman–Crippen LogP) is 3.34. The van der Waals surface area contributed by atoms with E-state index in [1.54, 1.807) is 22.9 Å². The monoisotopic (exact) mass is 1230 g/mol. The smallest absolute Gasteiger partial charge is 0.303 e. The maximum absolute atomic E-state index is 15.0. The first-order chi connectivity index (χ1) is 42.6. The van der Waals surface area contributed by atoms with Gasteiger partial charge < -0.3 is 75.5 Å². The van der Waals surface area contributed by atoms with Crippen molar-refractivity contribution in [3.05, 3.63) is 83.4 Å². The Morgan fingerprint density at radius 2 is 1.43 bits per heavy atom. The van der Waals surface area contributed by atoms with Crippen molar-refractivity contribution in [1.82, 2.24) is 45.8 Å². The maximum atomic E-state index is 15.0. The van der Waals surface area contributed by atoms with Crippen LogP contribution < -0.4 is 46.7 Å². The molecule has 88 heavy (non-hydrogen) atoms. The van der Waals surface area contributed by atoms with Crippen molar-refractivity contribution in [1.29, 1.82) is 0 Å². The fourth-order valence-electron chi connectivity index (χ4n) is 10.1. The number of carboxylic acids is 1. The fraction of sp³-hybridized carbons (Fsp3) is 0.629. The molecule has 1 saturated heterocycles. The second-order valence-electron chi connectivity index (χ2n) is 22.9. The first kappa shape index (κ1) is 70.2. The lowest BCUT2D eigenvalue weighted by atomic mass is 9.88. The quantitative estimate of drug-likeness (QED) is 0.0346. The van der Waals surface area contributed by atoms with Crippen LogP contribution in [-0.2, 0) is 56.0 Å². The maximum Gasteiger partial charge on any atom is 0.303 e. The summed E-state index contributed by atoms with van der Waals surface area (Å²) < 4.78 is 41.8. The molecule has 1 aromatic carbocycles. The Bertz CT molecular complexity index is 2720. The number of aliphatic carboxylic acids is 1. The molecular weight excluding hydrogens is 1130 g/mol. The first-order valence-corrected chi connectivity index (χ1v) is 30.8. The minimum atomic E-state index is -0.795. The van der Waals surface area contributed by atoms with Gasteiger partial charge in [0, 0.05) is 115 Å². The third kappa shape index (κ3) is 26.0. The number of carbonyl (C=O) groups excluding carboxylic acids is 4. The third-order valence-corrected chi connectivity index (χ3v) is 15.2. The van der Waals surface area contributed by atoms with E-state index in [1.165, 1.54) is 0 Å². The number of amides is 4. The number of piperidine rings is 1. The number of ether oxygens (including phenoxy) is 7. The minimum absolute atomic E-state index is 0.0316. The molecule has 26 nitrogen and oxygen atoms in total. The molecule has 2 aliphatic rings. The number of nitrogens with one attached hydrogen (secondary N) is 3. The van der Waals surface area contributed by atoms with Gasteiger partial charge in [0.2, 0.25) is 23.6 Å². The fourth-order valence-corrected chi connectivity index (χ4v) is 10.1. The lowest BCUT2D eigenvalue weighted by molar-refractivity contribution is -0.137. The van der Waals surface area contributed by atoms with Crippen LogP contribution in [0.15, 0.2) is 60.9 Å². The Morgan fingerprint density at radius 1 is 0.784 bits per heavy atom. The van der Waals surface area contributed by atoms with Crippen molar-refractivity contribution < 1.29 is 62.2 Å². The van der Waals surface area contributed by atoms with Gasteiger partial charge in [-0.3, -0.25) is 33.6 Å². The lowest BCUT2D eigenvalue weighted by Crippen LogP contribution is -2.42. The topological polar surface area (TPSA) is 325 Å². The van der Waals surface area contributed by atoms with Crippen LogP contribution in [-0.4, -0.2) is 210 Å². The number of nitrogens with two attached hydrogens (primary N) is 2. The highest BCUT2D eigenvalue weighted by atomic mass is 16.6. The highest BCUT2D eigenvalue weighted by Gasteiger charge is 2.35. The normalized spacial score (nSPS) is 14.0. The molecule has 0 bridgehead atoms. The number of benzene rings is 1. The van der Waals surface area contributed by atoms with E-state index >= 15 is 4.79 Å². The number of aryl methyl sites for hydroxylation is 2. The standard InChI is InChI=1S/C62H95N13O13/c1-46-6-5-7-55(69-46)75(61(81)52-11-10-51(82-4)39-54(52)73-26-13-47(14-27-73)42-88-59-38-49(12-20-68-59)53(40-60(79)80)48-8-9-48)45-62(2,3)17-28-74-41-50(70-71-74)43-86-36-34-84-32-30-83-31-33-85-35-37-87-44-58(78)67-23-29-72(24-15-56(76)65-21-18-63)25-16-57(77)66-22-19-64/h5-7,10-12,20,38-39,41,47-48,53H,8-9,13-19,21-37,40,42-45,63-64H2,1-4H3,(H,65,76)(H,66,77)(H,67,78)(H,79,80)/t53-/m0/s1. The van der Waals surface area contributed by atoms with Gasteiger partial charge in [-0.25, -0.2) is 9.97 Å². The van der Waals surface area contributed by atoms with E-state index in [9.17, 15) is 24.3 Å². The summed E-state index contributed by atoms with van der Waals surface area (Å²) >= 11 is 0. The van der Waals surface area contributed by atoms with Crippen molar-refractivity contribution >= 4 is 41.1 Å². The largest absolute Gasteiger partial charge is 0.497 e.